The van der Waals surface area contributed by atoms with E-state index in [9.17, 15) is 8.78 Å². The van der Waals surface area contributed by atoms with Gasteiger partial charge in [-0.2, -0.15) is 0 Å². The zero-order valence-electron chi connectivity index (χ0n) is 5.17. The summed E-state index contributed by atoms with van der Waals surface area (Å²) in [5, 5.41) is 0. The van der Waals surface area contributed by atoms with E-state index >= 15 is 0 Å². The summed E-state index contributed by atoms with van der Waals surface area (Å²) < 4.78 is 25.7. The van der Waals surface area contributed by atoms with Crippen LogP contribution in [0, 0.1) is 15.2 Å². The number of hydrogen-bond acceptors (Lipinski definition) is 1. The fraction of sp³-hybridized carbons (Fsp3) is 0. The lowest BCUT2D eigenvalue weighted by atomic mass is 10.3. The molecule has 1 rings (SSSR count). The molecule has 0 aromatic heterocycles. The second-order valence-electron chi connectivity index (χ2n) is 1.88. The van der Waals surface area contributed by atoms with Crippen LogP contribution in [0.15, 0.2) is 10.5 Å². The van der Waals surface area contributed by atoms with Crippen LogP contribution in [-0.4, -0.2) is 0 Å². The van der Waals surface area contributed by atoms with Gasteiger partial charge < -0.3 is 5.73 Å². The maximum Gasteiger partial charge on any atom is 0.164 e. The average molecular weight is 334 g/mol. The van der Waals surface area contributed by atoms with Gasteiger partial charge in [-0.15, -0.1) is 0 Å². The molecule has 11 heavy (non-hydrogen) atoms. The monoisotopic (exact) mass is 333 g/mol. The number of rotatable bonds is 0. The Bertz CT molecular complexity index is 277. The topological polar surface area (TPSA) is 26.0 Å². The van der Waals surface area contributed by atoms with Gasteiger partial charge in [-0.1, -0.05) is 0 Å². The Kier molecular flexibility index (Phi) is 2.69. The lowest BCUT2D eigenvalue weighted by molar-refractivity contribution is 0.573. The molecule has 5 heteroatoms. The van der Waals surface area contributed by atoms with Crippen molar-refractivity contribution in [2.45, 2.75) is 0 Å². The molecule has 0 radical (unpaired) electrons. The third-order valence-electron chi connectivity index (χ3n) is 1.15. The molecule has 0 fully saturated rings. The summed E-state index contributed by atoms with van der Waals surface area (Å²) in [5.41, 5.74) is 5.24. The summed E-state index contributed by atoms with van der Waals surface area (Å²) >= 11 is 4.50. The largest absolute Gasteiger partial charge is 0.395 e. The summed E-state index contributed by atoms with van der Waals surface area (Å²) in [6, 6.07) is 1.17. The molecule has 1 nitrogen and oxygen atoms in total. The first-order valence-electron chi connectivity index (χ1n) is 2.62. The summed E-state index contributed by atoms with van der Waals surface area (Å²) in [4.78, 5) is 0. The molecule has 2 N–H and O–H groups in total. The van der Waals surface area contributed by atoms with Gasteiger partial charge in [-0.25, -0.2) is 8.78 Å². The highest BCUT2D eigenvalue weighted by atomic mass is 127. The summed E-state index contributed by atoms with van der Waals surface area (Å²) in [6.07, 6.45) is 0. The van der Waals surface area contributed by atoms with Crippen molar-refractivity contribution in [1.82, 2.24) is 0 Å². The standard InChI is InChI=1S/C6H3BrF2IN/c7-4-2(8)1-3(10)6(11)5(4)9/h1H,11H2. The molecule has 0 aliphatic carbocycles. The Balaban J connectivity index is 3.46. The Labute approximate surface area is 84.2 Å². The van der Waals surface area contributed by atoms with Gasteiger partial charge in [0.25, 0.3) is 0 Å². The van der Waals surface area contributed by atoms with Crippen LogP contribution in [0.5, 0.6) is 0 Å². The third-order valence-corrected chi connectivity index (χ3v) is 2.77. The van der Waals surface area contributed by atoms with Crippen molar-refractivity contribution < 1.29 is 8.78 Å². The quantitative estimate of drug-likeness (QED) is 0.336. The molecule has 0 spiro atoms. The van der Waals surface area contributed by atoms with Gasteiger partial charge in [-0.3, -0.25) is 0 Å². The smallest absolute Gasteiger partial charge is 0.164 e. The maximum atomic E-state index is 12.8. The molecule has 0 saturated carbocycles. The van der Waals surface area contributed by atoms with E-state index in [4.69, 9.17) is 5.73 Å². The third kappa shape index (κ3) is 1.64. The molecule has 1 aromatic carbocycles. The van der Waals surface area contributed by atoms with Crippen LogP contribution in [0.2, 0.25) is 0 Å². The molecule has 0 atom stereocenters. The minimum atomic E-state index is -0.741. The molecular weight excluding hydrogens is 331 g/mol. The Morgan fingerprint density at radius 3 is 2.55 bits per heavy atom. The maximum absolute atomic E-state index is 12.8. The van der Waals surface area contributed by atoms with Crippen molar-refractivity contribution >= 4 is 44.2 Å². The molecule has 0 aliphatic rings. The summed E-state index contributed by atoms with van der Waals surface area (Å²) in [5.74, 6) is -1.38. The van der Waals surface area contributed by atoms with Crippen molar-refractivity contribution in [3.63, 3.8) is 0 Å². The normalized spacial score (nSPS) is 10.2. The predicted octanol–water partition coefficient (Wildman–Crippen LogP) is 2.91. The number of hydrogen-bond donors (Lipinski definition) is 1. The zero-order chi connectivity index (χ0) is 8.59. The number of nitrogen functional groups attached to an aromatic ring is 1. The predicted molar refractivity (Wildman–Crippen MR) is 51.2 cm³/mol. The van der Waals surface area contributed by atoms with E-state index in [0.717, 1.165) is 0 Å². The Morgan fingerprint density at radius 2 is 2.00 bits per heavy atom. The highest BCUT2D eigenvalue weighted by molar-refractivity contribution is 14.1. The summed E-state index contributed by atoms with van der Waals surface area (Å²) in [6.45, 7) is 0. The summed E-state index contributed by atoms with van der Waals surface area (Å²) in [7, 11) is 0. The molecule has 60 valence electrons. The van der Waals surface area contributed by atoms with E-state index in [2.05, 4.69) is 15.9 Å². The van der Waals surface area contributed by atoms with Gasteiger partial charge in [0.15, 0.2) is 5.82 Å². The van der Waals surface area contributed by atoms with Gasteiger partial charge in [0.1, 0.15) is 5.82 Å². The molecule has 1 aromatic rings. The van der Waals surface area contributed by atoms with Gasteiger partial charge in [0.2, 0.25) is 0 Å². The second kappa shape index (κ2) is 3.22. The number of anilines is 1. The molecular formula is C6H3BrF2IN. The molecule has 0 heterocycles. The fourth-order valence-electron chi connectivity index (χ4n) is 0.580. The van der Waals surface area contributed by atoms with Crippen LogP contribution in [0.4, 0.5) is 14.5 Å². The van der Waals surface area contributed by atoms with Crippen molar-refractivity contribution in [2.75, 3.05) is 5.73 Å². The minimum absolute atomic E-state index is 0.0288. The average Bonchev–Trinajstić information content (AvgIpc) is 1.97. The molecule has 0 saturated heterocycles. The molecule has 0 bridgehead atoms. The van der Waals surface area contributed by atoms with E-state index in [1.165, 1.54) is 6.07 Å². The highest BCUT2D eigenvalue weighted by Crippen LogP contribution is 2.28. The SMILES string of the molecule is Nc1c(I)cc(F)c(Br)c1F. The lowest BCUT2D eigenvalue weighted by Crippen LogP contribution is -1.97. The Morgan fingerprint density at radius 1 is 1.45 bits per heavy atom. The van der Waals surface area contributed by atoms with Gasteiger partial charge in [0, 0.05) is 3.57 Å². The van der Waals surface area contributed by atoms with Crippen LogP contribution in [0.25, 0.3) is 0 Å². The first-order chi connectivity index (χ1) is 5.04. The fourth-order valence-corrected chi connectivity index (χ4v) is 1.42. The van der Waals surface area contributed by atoms with Crippen LogP contribution < -0.4 is 5.73 Å². The second-order valence-corrected chi connectivity index (χ2v) is 3.84. The lowest BCUT2D eigenvalue weighted by Gasteiger charge is -2.02. The number of nitrogens with two attached hydrogens (primary N) is 1. The first-order valence-corrected chi connectivity index (χ1v) is 4.49. The van der Waals surface area contributed by atoms with Gasteiger partial charge in [-0.05, 0) is 44.6 Å². The molecule has 0 unspecified atom stereocenters. The van der Waals surface area contributed by atoms with E-state index < -0.39 is 11.6 Å². The van der Waals surface area contributed by atoms with E-state index in [0.29, 0.717) is 3.57 Å². The number of benzene rings is 1. The van der Waals surface area contributed by atoms with Crippen molar-refractivity contribution in [1.29, 1.82) is 0 Å². The van der Waals surface area contributed by atoms with Crippen molar-refractivity contribution in [3.8, 4) is 0 Å². The van der Waals surface area contributed by atoms with E-state index in [1.54, 1.807) is 22.6 Å². The zero-order valence-corrected chi connectivity index (χ0v) is 8.91. The first kappa shape index (κ1) is 9.18. The number of halogens is 4. The Hall–Kier alpha value is 0.0900. The van der Waals surface area contributed by atoms with Gasteiger partial charge >= 0.3 is 0 Å². The van der Waals surface area contributed by atoms with Crippen LogP contribution in [0.1, 0.15) is 0 Å². The van der Waals surface area contributed by atoms with Crippen LogP contribution >= 0.6 is 38.5 Å². The van der Waals surface area contributed by atoms with E-state index in [-0.39, 0.29) is 10.2 Å². The molecule has 0 amide bonds. The minimum Gasteiger partial charge on any atom is -0.395 e. The van der Waals surface area contributed by atoms with Crippen LogP contribution in [0.3, 0.4) is 0 Å². The van der Waals surface area contributed by atoms with Crippen molar-refractivity contribution in [2.24, 2.45) is 0 Å². The van der Waals surface area contributed by atoms with Crippen molar-refractivity contribution in [3.05, 3.63) is 25.7 Å². The van der Waals surface area contributed by atoms with E-state index in [1.807, 2.05) is 0 Å². The highest BCUT2D eigenvalue weighted by Gasteiger charge is 2.12. The molecule has 0 aliphatic heterocycles. The van der Waals surface area contributed by atoms with Gasteiger partial charge in [0.05, 0.1) is 10.2 Å². The van der Waals surface area contributed by atoms with Crippen LogP contribution in [-0.2, 0) is 0 Å².